The van der Waals surface area contributed by atoms with E-state index >= 15 is 0 Å². The highest BCUT2D eigenvalue weighted by molar-refractivity contribution is 5.92. The molecule has 2 rings (SSSR count). The van der Waals surface area contributed by atoms with Gasteiger partial charge in [0.15, 0.2) is 0 Å². The number of carbonyl (C=O) groups is 1. The summed E-state index contributed by atoms with van der Waals surface area (Å²) in [4.78, 5) is 18.5. The van der Waals surface area contributed by atoms with Crippen molar-refractivity contribution in [2.45, 2.75) is 0 Å². The first-order valence-corrected chi connectivity index (χ1v) is 3.69. The lowest BCUT2D eigenvalue weighted by atomic mass is 10.4. The fraction of sp³-hybridized carbons (Fsp3) is 0.125. The van der Waals surface area contributed by atoms with Crippen LogP contribution in [0.3, 0.4) is 0 Å². The summed E-state index contributed by atoms with van der Waals surface area (Å²) in [7, 11) is 1.67. The zero-order chi connectivity index (χ0) is 9.42. The Labute approximate surface area is 73.7 Å². The molecular formula is C8H7N3O2. The van der Waals surface area contributed by atoms with Crippen LogP contribution in [0.5, 0.6) is 0 Å². The summed E-state index contributed by atoms with van der Waals surface area (Å²) in [5.41, 5.74) is 0.850. The standard InChI is InChI=1S/C8H7N3O2/c1-11-6(8(12)13)2-5-3-9-4-10-7(5)11/h2-4H,1H3,(H,12,13). The third kappa shape index (κ3) is 1.05. The number of aromatic carboxylic acids is 1. The van der Waals surface area contributed by atoms with Gasteiger partial charge >= 0.3 is 5.97 Å². The number of rotatable bonds is 1. The first-order valence-electron chi connectivity index (χ1n) is 3.69. The molecule has 0 aromatic carbocycles. The monoisotopic (exact) mass is 177 g/mol. The molecule has 2 aromatic rings. The highest BCUT2D eigenvalue weighted by Gasteiger charge is 2.11. The van der Waals surface area contributed by atoms with Crippen LogP contribution in [0.4, 0.5) is 0 Å². The van der Waals surface area contributed by atoms with Gasteiger partial charge in [-0.25, -0.2) is 14.8 Å². The third-order valence-corrected chi connectivity index (χ3v) is 1.91. The lowest BCUT2D eigenvalue weighted by molar-refractivity contribution is 0.0687. The average Bonchev–Trinajstić information content (AvgIpc) is 2.45. The summed E-state index contributed by atoms with van der Waals surface area (Å²) in [6, 6.07) is 1.55. The molecule has 0 saturated heterocycles. The minimum atomic E-state index is -0.958. The van der Waals surface area contributed by atoms with Gasteiger partial charge in [0.1, 0.15) is 17.7 Å². The summed E-state index contributed by atoms with van der Waals surface area (Å²) in [6.45, 7) is 0. The Bertz CT molecular complexity index is 475. The lowest BCUT2D eigenvalue weighted by Crippen LogP contribution is -2.04. The van der Waals surface area contributed by atoms with Crippen molar-refractivity contribution < 1.29 is 9.90 Å². The molecule has 0 saturated carbocycles. The van der Waals surface area contributed by atoms with Crippen molar-refractivity contribution in [3.63, 3.8) is 0 Å². The number of carboxylic acids is 1. The number of aromatic nitrogens is 3. The lowest BCUT2D eigenvalue weighted by Gasteiger charge is -1.96. The van der Waals surface area contributed by atoms with E-state index in [9.17, 15) is 4.79 Å². The molecule has 0 amide bonds. The second-order valence-electron chi connectivity index (χ2n) is 2.70. The first kappa shape index (κ1) is 7.72. The van der Waals surface area contributed by atoms with Gasteiger partial charge in [-0.2, -0.15) is 0 Å². The number of fused-ring (bicyclic) bond motifs is 1. The van der Waals surface area contributed by atoms with E-state index in [1.54, 1.807) is 19.3 Å². The molecule has 13 heavy (non-hydrogen) atoms. The Hall–Kier alpha value is -1.91. The highest BCUT2D eigenvalue weighted by Crippen LogP contribution is 2.14. The van der Waals surface area contributed by atoms with Gasteiger partial charge in [-0.05, 0) is 6.07 Å². The largest absolute Gasteiger partial charge is 0.477 e. The van der Waals surface area contributed by atoms with E-state index in [0.717, 1.165) is 5.39 Å². The predicted molar refractivity (Wildman–Crippen MR) is 45.5 cm³/mol. The van der Waals surface area contributed by atoms with Crippen molar-refractivity contribution in [3.05, 3.63) is 24.3 Å². The SMILES string of the molecule is Cn1c(C(=O)O)cc2cncnc21. The van der Waals surface area contributed by atoms with Gasteiger partial charge in [0, 0.05) is 18.6 Å². The van der Waals surface area contributed by atoms with Crippen LogP contribution in [0.25, 0.3) is 11.0 Å². The van der Waals surface area contributed by atoms with Crippen molar-refractivity contribution in [2.75, 3.05) is 0 Å². The Balaban J connectivity index is 2.81. The van der Waals surface area contributed by atoms with Crippen LogP contribution < -0.4 is 0 Å². The molecule has 0 atom stereocenters. The zero-order valence-corrected chi connectivity index (χ0v) is 6.93. The molecule has 2 heterocycles. The van der Waals surface area contributed by atoms with Gasteiger partial charge in [0.25, 0.3) is 0 Å². The maximum Gasteiger partial charge on any atom is 0.352 e. The Morgan fingerprint density at radius 1 is 1.62 bits per heavy atom. The van der Waals surface area contributed by atoms with E-state index < -0.39 is 5.97 Å². The van der Waals surface area contributed by atoms with E-state index in [1.165, 1.54) is 10.9 Å². The summed E-state index contributed by atoms with van der Waals surface area (Å²) >= 11 is 0. The van der Waals surface area contributed by atoms with Gasteiger partial charge in [0.2, 0.25) is 0 Å². The number of aryl methyl sites for hydroxylation is 1. The van der Waals surface area contributed by atoms with Gasteiger partial charge in [-0.3, -0.25) is 0 Å². The highest BCUT2D eigenvalue weighted by atomic mass is 16.4. The van der Waals surface area contributed by atoms with E-state index in [-0.39, 0.29) is 5.69 Å². The smallest absolute Gasteiger partial charge is 0.352 e. The maximum atomic E-state index is 10.7. The molecule has 0 spiro atoms. The summed E-state index contributed by atoms with van der Waals surface area (Å²) in [5.74, 6) is -0.958. The molecule has 5 nitrogen and oxygen atoms in total. The molecule has 0 bridgehead atoms. The Morgan fingerprint density at radius 3 is 3.00 bits per heavy atom. The van der Waals surface area contributed by atoms with Crippen molar-refractivity contribution >= 4 is 17.0 Å². The second kappa shape index (κ2) is 2.55. The number of carboxylic acid groups (broad SMARTS) is 1. The van der Waals surface area contributed by atoms with Crippen LogP contribution in [0.15, 0.2) is 18.6 Å². The van der Waals surface area contributed by atoms with E-state index in [0.29, 0.717) is 5.65 Å². The van der Waals surface area contributed by atoms with Crippen LogP contribution in [0, 0.1) is 0 Å². The Kier molecular flexibility index (Phi) is 1.51. The predicted octanol–water partition coefficient (Wildman–Crippen LogP) is 0.666. The van der Waals surface area contributed by atoms with Gasteiger partial charge in [0.05, 0.1) is 0 Å². The topological polar surface area (TPSA) is 68.0 Å². The van der Waals surface area contributed by atoms with Gasteiger partial charge in [-0.15, -0.1) is 0 Å². The quantitative estimate of drug-likeness (QED) is 0.695. The maximum absolute atomic E-state index is 10.7. The molecule has 0 aliphatic carbocycles. The molecule has 5 heteroatoms. The van der Waals surface area contributed by atoms with E-state index in [2.05, 4.69) is 9.97 Å². The fourth-order valence-corrected chi connectivity index (χ4v) is 1.28. The molecule has 0 aliphatic rings. The van der Waals surface area contributed by atoms with Gasteiger partial charge < -0.3 is 9.67 Å². The van der Waals surface area contributed by atoms with Crippen LogP contribution >= 0.6 is 0 Å². The number of nitrogens with zero attached hydrogens (tertiary/aromatic N) is 3. The van der Waals surface area contributed by atoms with Crippen molar-refractivity contribution in [3.8, 4) is 0 Å². The van der Waals surface area contributed by atoms with Crippen LogP contribution in [-0.4, -0.2) is 25.6 Å². The molecule has 1 N–H and O–H groups in total. The molecule has 0 fully saturated rings. The van der Waals surface area contributed by atoms with Gasteiger partial charge in [-0.1, -0.05) is 0 Å². The minimum absolute atomic E-state index is 0.218. The number of hydrogen-bond donors (Lipinski definition) is 1. The molecule has 0 unspecified atom stereocenters. The number of hydrogen-bond acceptors (Lipinski definition) is 3. The zero-order valence-electron chi connectivity index (χ0n) is 6.93. The molecule has 66 valence electrons. The van der Waals surface area contributed by atoms with Crippen LogP contribution in [0.1, 0.15) is 10.5 Å². The third-order valence-electron chi connectivity index (χ3n) is 1.91. The first-order chi connectivity index (χ1) is 6.20. The van der Waals surface area contributed by atoms with Crippen LogP contribution in [0.2, 0.25) is 0 Å². The summed E-state index contributed by atoms with van der Waals surface area (Å²) < 4.78 is 1.53. The molecule has 2 aromatic heterocycles. The van der Waals surface area contributed by atoms with Crippen molar-refractivity contribution in [1.29, 1.82) is 0 Å². The van der Waals surface area contributed by atoms with E-state index in [1.807, 2.05) is 0 Å². The van der Waals surface area contributed by atoms with Crippen molar-refractivity contribution in [2.24, 2.45) is 7.05 Å². The fourth-order valence-electron chi connectivity index (χ4n) is 1.28. The minimum Gasteiger partial charge on any atom is -0.477 e. The van der Waals surface area contributed by atoms with E-state index in [4.69, 9.17) is 5.11 Å². The molecule has 0 radical (unpaired) electrons. The summed E-state index contributed by atoms with van der Waals surface area (Å²) in [6.07, 6.45) is 2.99. The molecular weight excluding hydrogens is 170 g/mol. The molecule has 0 aliphatic heterocycles. The summed E-state index contributed by atoms with van der Waals surface area (Å²) in [5, 5.41) is 9.54. The normalized spacial score (nSPS) is 10.5. The average molecular weight is 177 g/mol. The van der Waals surface area contributed by atoms with Crippen LogP contribution in [-0.2, 0) is 7.05 Å². The van der Waals surface area contributed by atoms with Crippen molar-refractivity contribution in [1.82, 2.24) is 14.5 Å². The Morgan fingerprint density at radius 2 is 2.38 bits per heavy atom. The second-order valence-corrected chi connectivity index (χ2v) is 2.70.